The van der Waals surface area contributed by atoms with Gasteiger partial charge in [-0.2, -0.15) is 15.0 Å². The van der Waals surface area contributed by atoms with Crippen LogP contribution in [0.4, 0.5) is 0 Å². The Bertz CT molecular complexity index is 347. The molecule has 1 aromatic rings. The Kier molecular flexibility index (Phi) is 2.99. The number of aliphatic hydroxyl groups is 1. The van der Waals surface area contributed by atoms with Crippen molar-refractivity contribution in [1.29, 1.82) is 0 Å². The van der Waals surface area contributed by atoms with Crippen molar-refractivity contribution < 1.29 is 5.11 Å². The summed E-state index contributed by atoms with van der Waals surface area (Å²) in [5, 5.41) is 21.8. The second-order valence-corrected chi connectivity index (χ2v) is 5.15. The smallest absolute Gasteiger partial charge is 0.114 e. The first-order valence-electron chi connectivity index (χ1n) is 5.85. The minimum Gasteiger partial charge on any atom is -0.384 e. The molecule has 0 spiro atoms. The normalized spacial score (nSPS) is 27.0. The van der Waals surface area contributed by atoms with Crippen molar-refractivity contribution in [3.8, 4) is 0 Å². The van der Waals surface area contributed by atoms with Gasteiger partial charge in [-0.15, -0.1) is 0 Å². The quantitative estimate of drug-likeness (QED) is 0.780. The molecule has 5 heteroatoms. The molecular weight excluding hydrogens is 204 g/mol. The van der Waals surface area contributed by atoms with E-state index in [9.17, 15) is 5.11 Å². The van der Waals surface area contributed by atoms with E-state index in [2.05, 4.69) is 22.4 Å². The van der Waals surface area contributed by atoms with Crippen LogP contribution in [0.15, 0.2) is 6.20 Å². The molecule has 1 fully saturated rings. The lowest BCUT2D eigenvalue weighted by Crippen LogP contribution is -2.38. The first-order valence-corrected chi connectivity index (χ1v) is 5.85. The summed E-state index contributed by atoms with van der Waals surface area (Å²) >= 11 is 0. The van der Waals surface area contributed by atoms with Crippen molar-refractivity contribution in [2.45, 2.75) is 51.3 Å². The maximum Gasteiger partial charge on any atom is 0.114 e. The summed E-state index contributed by atoms with van der Waals surface area (Å²) in [7, 11) is 0. The highest BCUT2D eigenvalue weighted by Gasteiger charge is 2.24. The van der Waals surface area contributed by atoms with Gasteiger partial charge in [0.25, 0.3) is 0 Å². The summed E-state index contributed by atoms with van der Waals surface area (Å²) in [5.74, 6) is 0. The lowest BCUT2D eigenvalue weighted by Gasteiger charge is -2.26. The first kappa shape index (κ1) is 11.5. The topological polar surface area (TPSA) is 63.0 Å². The molecule has 0 saturated carbocycles. The van der Waals surface area contributed by atoms with E-state index in [0.717, 1.165) is 19.4 Å². The fourth-order valence-electron chi connectivity index (χ4n) is 1.91. The van der Waals surface area contributed by atoms with Gasteiger partial charge in [0, 0.05) is 12.6 Å². The van der Waals surface area contributed by atoms with E-state index in [1.165, 1.54) is 0 Å². The van der Waals surface area contributed by atoms with E-state index in [1.54, 1.807) is 24.8 Å². The Labute approximate surface area is 95.8 Å². The van der Waals surface area contributed by atoms with Gasteiger partial charge in [-0.1, -0.05) is 0 Å². The van der Waals surface area contributed by atoms with Gasteiger partial charge in [0.1, 0.15) is 11.3 Å². The zero-order chi connectivity index (χ0) is 11.8. The van der Waals surface area contributed by atoms with Gasteiger partial charge in [0.05, 0.1) is 12.2 Å². The third-order valence-corrected chi connectivity index (χ3v) is 3.10. The molecule has 2 atom stereocenters. The number of piperidine rings is 1. The fraction of sp³-hybridized carbons (Fsp3) is 0.818. The number of rotatable bonds is 2. The maximum absolute atomic E-state index is 9.81. The summed E-state index contributed by atoms with van der Waals surface area (Å²) in [6.07, 6.45) is 3.89. The highest BCUT2D eigenvalue weighted by Crippen LogP contribution is 2.20. The van der Waals surface area contributed by atoms with Crippen molar-refractivity contribution in [3.63, 3.8) is 0 Å². The summed E-state index contributed by atoms with van der Waals surface area (Å²) < 4.78 is 0. The Balaban J connectivity index is 2.08. The molecule has 2 rings (SSSR count). The molecule has 2 heterocycles. The molecule has 0 aromatic carbocycles. The number of hydrogen-bond acceptors (Lipinski definition) is 4. The third kappa shape index (κ3) is 2.41. The van der Waals surface area contributed by atoms with Crippen LogP contribution in [-0.4, -0.2) is 32.7 Å². The van der Waals surface area contributed by atoms with Gasteiger partial charge < -0.3 is 10.4 Å². The number of nitrogens with one attached hydrogen (secondary N) is 1. The van der Waals surface area contributed by atoms with E-state index in [-0.39, 0.29) is 0 Å². The monoisotopic (exact) mass is 224 g/mol. The second-order valence-electron chi connectivity index (χ2n) is 5.15. The molecule has 1 aliphatic heterocycles. The van der Waals surface area contributed by atoms with E-state index in [1.807, 2.05) is 0 Å². The Hall–Kier alpha value is -0.940. The highest BCUT2D eigenvalue weighted by atomic mass is 16.3. The molecular formula is C11H20N4O. The van der Waals surface area contributed by atoms with Gasteiger partial charge in [-0.25, -0.2) is 0 Å². The van der Waals surface area contributed by atoms with Gasteiger partial charge in [-0.05, 0) is 33.6 Å². The van der Waals surface area contributed by atoms with Crippen molar-refractivity contribution in [2.24, 2.45) is 0 Å². The molecule has 90 valence electrons. The van der Waals surface area contributed by atoms with Crippen LogP contribution in [0.2, 0.25) is 0 Å². The van der Waals surface area contributed by atoms with E-state index in [4.69, 9.17) is 0 Å². The standard InChI is InChI=1S/C11H20N4O/c1-8-4-5-9(6-12-8)15-13-7-10(14-15)11(2,3)16/h7-9,12,16H,4-6H2,1-3H3/t8-,9?/m1/s1. The Morgan fingerprint density at radius 3 is 2.75 bits per heavy atom. The van der Waals surface area contributed by atoms with Crippen LogP contribution in [0, 0.1) is 0 Å². The molecule has 16 heavy (non-hydrogen) atoms. The van der Waals surface area contributed by atoms with Crippen LogP contribution in [0.5, 0.6) is 0 Å². The number of nitrogens with zero attached hydrogens (tertiary/aromatic N) is 3. The van der Waals surface area contributed by atoms with E-state index in [0.29, 0.717) is 17.8 Å². The Morgan fingerprint density at radius 2 is 2.25 bits per heavy atom. The Morgan fingerprint density at radius 1 is 1.50 bits per heavy atom. The van der Waals surface area contributed by atoms with Crippen LogP contribution in [0.3, 0.4) is 0 Å². The summed E-state index contributed by atoms with van der Waals surface area (Å²) in [6, 6.07) is 0.896. The average Bonchev–Trinajstić information content (AvgIpc) is 2.67. The highest BCUT2D eigenvalue weighted by molar-refractivity contribution is 5.02. The summed E-state index contributed by atoms with van der Waals surface area (Å²) in [6.45, 7) is 6.54. The molecule has 1 aromatic heterocycles. The molecule has 0 bridgehead atoms. The SMILES string of the molecule is C[C@@H]1CCC(n2ncc(C(C)(C)O)n2)CN1. The predicted molar refractivity (Wildman–Crippen MR) is 61.0 cm³/mol. The fourth-order valence-corrected chi connectivity index (χ4v) is 1.91. The van der Waals surface area contributed by atoms with Crippen molar-refractivity contribution in [1.82, 2.24) is 20.3 Å². The average molecular weight is 224 g/mol. The van der Waals surface area contributed by atoms with Crippen LogP contribution in [0.25, 0.3) is 0 Å². The molecule has 0 radical (unpaired) electrons. The van der Waals surface area contributed by atoms with E-state index >= 15 is 0 Å². The summed E-state index contributed by atoms with van der Waals surface area (Å²) in [4.78, 5) is 1.73. The van der Waals surface area contributed by atoms with Gasteiger partial charge in [0.2, 0.25) is 0 Å². The van der Waals surface area contributed by atoms with Crippen molar-refractivity contribution in [2.75, 3.05) is 6.54 Å². The van der Waals surface area contributed by atoms with Gasteiger partial charge in [-0.3, -0.25) is 0 Å². The predicted octanol–water partition coefficient (Wildman–Crippen LogP) is 0.818. The lowest BCUT2D eigenvalue weighted by molar-refractivity contribution is 0.0725. The van der Waals surface area contributed by atoms with Crippen molar-refractivity contribution in [3.05, 3.63) is 11.9 Å². The zero-order valence-electron chi connectivity index (χ0n) is 10.1. The molecule has 0 aliphatic carbocycles. The molecule has 1 aliphatic rings. The molecule has 1 saturated heterocycles. The summed E-state index contributed by atoms with van der Waals surface area (Å²) in [5.41, 5.74) is -0.278. The van der Waals surface area contributed by atoms with Gasteiger partial charge in [0.15, 0.2) is 0 Å². The maximum atomic E-state index is 9.81. The third-order valence-electron chi connectivity index (χ3n) is 3.10. The zero-order valence-corrected chi connectivity index (χ0v) is 10.1. The number of aromatic nitrogens is 3. The van der Waals surface area contributed by atoms with E-state index < -0.39 is 5.60 Å². The van der Waals surface area contributed by atoms with Crippen LogP contribution >= 0.6 is 0 Å². The lowest BCUT2D eigenvalue weighted by atomic mass is 10.0. The van der Waals surface area contributed by atoms with Crippen molar-refractivity contribution >= 4 is 0 Å². The van der Waals surface area contributed by atoms with Crippen LogP contribution in [-0.2, 0) is 5.60 Å². The molecule has 0 amide bonds. The minimum absolute atomic E-state index is 0.312. The minimum atomic E-state index is -0.909. The van der Waals surface area contributed by atoms with Gasteiger partial charge >= 0.3 is 0 Å². The molecule has 1 unspecified atom stereocenters. The van der Waals surface area contributed by atoms with Crippen LogP contribution in [0.1, 0.15) is 45.3 Å². The number of hydrogen-bond donors (Lipinski definition) is 2. The first-order chi connectivity index (χ1) is 7.47. The second kappa shape index (κ2) is 4.14. The largest absolute Gasteiger partial charge is 0.384 e. The van der Waals surface area contributed by atoms with Crippen LogP contribution < -0.4 is 5.32 Å². The molecule has 5 nitrogen and oxygen atoms in total. The molecule has 2 N–H and O–H groups in total.